The average Bonchev–Trinajstić information content (AvgIpc) is 2.59. The highest BCUT2D eigenvalue weighted by Gasteiger charge is 2.43. The van der Waals surface area contributed by atoms with Gasteiger partial charge in [0.1, 0.15) is 0 Å². The van der Waals surface area contributed by atoms with E-state index in [2.05, 4.69) is 73.3 Å². The van der Waals surface area contributed by atoms with Crippen molar-refractivity contribution in [2.45, 2.75) is 32.1 Å². The van der Waals surface area contributed by atoms with Gasteiger partial charge in [0.05, 0.1) is 17.1 Å². The minimum absolute atomic E-state index is 0.0526. The molecule has 0 aliphatic carbocycles. The third-order valence-electron chi connectivity index (χ3n) is 6.22. The van der Waals surface area contributed by atoms with E-state index in [0.29, 0.717) is 0 Å². The van der Waals surface area contributed by atoms with Crippen LogP contribution in [-0.4, -0.2) is 0 Å². The number of anilines is 3. The topological polar surface area (TPSA) is 3.24 Å². The van der Waals surface area contributed by atoms with E-state index in [1.807, 2.05) is 0 Å². The summed E-state index contributed by atoms with van der Waals surface area (Å²) in [5.41, 5.74) is 13.2. The van der Waals surface area contributed by atoms with Crippen molar-refractivity contribution in [3.05, 3.63) is 88.0 Å². The number of hydrogen-bond donors (Lipinski definition) is 0. The lowest BCUT2D eigenvalue weighted by Crippen LogP contribution is -2.36. The highest BCUT2D eigenvalue weighted by molar-refractivity contribution is 5.95. The summed E-state index contributed by atoms with van der Waals surface area (Å²) in [6, 6.07) is 20.6. The van der Waals surface area contributed by atoms with Gasteiger partial charge >= 0.3 is 0 Å². The Labute approximate surface area is 142 Å². The highest BCUT2D eigenvalue weighted by atomic mass is 15.2. The molecule has 0 saturated carbocycles. The molecule has 0 N–H and O–H groups in total. The second-order valence-electron chi connectivity index (χ2n) is 7.87. The largest absolute Gasteiger partial charge is 0.309 e. The number of para-hydroxylation sites is 3. The monoisotopic (exact) mass is 309 g/mol. The maximum absolute atomic E-state index is 2.58. The molecule has 3 heterocycles. The van der Waals surface area contributed by atoms with Crippen LogP contribution in [0.2, 0.25) is 0 Å². The SMILES string of the molecule is CC1(C)c2cccc3c2N2c4c(cccc4Cc4cccc1c42)C3. The second kappa shape index (κ2) is 3.92. The van der Waals surface area contributed by atoms with E-state index >= 15 is 0 Å². The molecule has 0 amide bonds. The van der Waals surface area contributed by atoms with E-state index in [9.17, 15) is 0 Å². The lowest BCUT2D eigenvalue weighted by Gasteiger charge is -2.48. The summed E-state index contributed by atoms with van der Waals surface area (Å²) < 4.78 is 0. The minimum Gasteiger partial charge on any atom is -0.309 e. The normalized spacial score (nSPS) is 17.5. The van der Waals surface area contributed by atoms with E-state index in [0.717, 1.165) is 12.8 Å². The van der Waals surface area contributed by atoms with Crippen LogP contribution >= 0.6 is 0 Å². The van der Waals surface area contributed by atoms with Crippen LogP contribution in [0.25, 0.3) is 0 Å². The van der Waals surface area contributed by atoms with Gasteiger partial charge in [-0.15, -0.1) is 0 Å². The molecule has 24 heavy (non-hydrogen) atoms. The van der Waals surface area contributed by atoms with Crippen LogP contribution in [0.3, 0.4) is 0 Å². The molecule has 0 radical (unpaired) electrons. The van der Waals surface area contributed by atoms with Crippen LogP contribution < -0.4 is 4.90 Å². The zero-order valence-corrected chi connectivity index (χ0v) is 14.1. The Kier molecular flexibility index (Phi) is 2.10. The quantitative estimate of drug-likeness (QED) is 0.360. The van der Waals surface area contributed by atoms with Gasteiger partial charge in [0.25, 0.3) is 0 Å². The molecule has 3 aliphatic heterocycles. The Hall–Kier alpha value is -2.54. The van der Waals surface area contributed by atoms with Gasteiger partial charge in [-0.2, -0.15) is 0 Å². The fourth-order valence-corrected chi connectivity index (χ4v) is 5.11. The molecular weight excluding hydrogens is 290 g/mol. The van der Waals surface area contributed by atoms with Gasteiger partial charge in [-0.1, -0.05) is 68.4 Å². The molecule has 0 unspecified atom stereocenters. The zero-order valence-electron chi connectivity index (χ0n) is 14.1. The van der Waals surface area contributed by atoms with Crippen molar-refractivity contribution in [3.8, 4) is 0 Å². The fraction of sp³-hybridized carbons (Fsp3) is 0.217. The average molecular weight is 309 g/mol. The van der Waals surface area contributed by atoms with Gasteiger partial charge in [0.15, 0.2) is 0 Å². The van der Waals surface area contributed by atoms with E-state index in [1.54, 1.807) is 0 Å². The van der Waals surface area contributed by atoms with Gasteiger partial charge in [-0.05, 0) is 33.4 Å². The molecule has 0 atom stereocenters. The summed E-state index contributed by atoms with van der Waals surface area (Å²) >= 11 is 0. The van der Waals surface area contributed by atoms with Crippen LogP contribution in [-0.2, 0) is 18.3 Å². The summed E-state index contributed by atoms with van der Waals surface area (Å²) in [6.45, 7) is 4.76. The third-order valence-corrected chi connectivity index (χ3v) is 6.22. The second-order valence-corrected chi connectivity index (χ2v) is 7.87. The molecule has 0 spiro atoms. The first-order chi connectivity index (χ1) is 11.7. The molecule has 3 aromatic rings. The van der Waals surface area contributed by atoms with Crippen molar-refractivity contribution in [3.63, 3.8) is 0 Å². The summed E-state index contributed by atoms with van der Waals surface area (Å²) in [7, 11) is 0. The van der Waals surface area contributed by atoms with Crippen molar-refractivity contribution in [2.24, 2.45) is 0 Å². The Balaban J connectivity index is 1.83. The number of hydrogen-bond acceptors (Lipinski definition) is 1. The van der Waals surface area contributed by atoms with Crippen molar-refractivity contribution in [1.29, 1.82) is 0 Å². The van der Waals surface area contributed by atoms with Gasteiger partial charge in [0, 0.05) is 18.3 Å². The Morgan fingerprint density at radius 2 is 1.04 bits per heavy atom. The molecular formula is C23H19N. The van der Waals surface area contributed by atoms with Crippen molar-refractivity contribution >= 4 is 17.1 Å². The molecule has 116 valence electrons. The number of benzene rings is 3. The smallest absolute Gasteiger partial charge is 0.0538 e. The molecule has 3 aromatic carbocycles. The summed E-state index contributed by atoms with van der Waals surface area (Å²) in [4.78, 5) is 2.58. The van der Waals surface area contributed by atoms with Crippen LogP contribution in [0.15, 0.2) is 54.6 Å². The molecule has 0 saturated heterocycles. The lowest BCUT2D eigenvalue weighted by molar-refractivity contribution is 0.626. The lowest BCUT2D eigenvalue weighted by atomic mass is 9.69. The zero-order chi connectivity index (χ0) is 16.1. The van der Waals surface area contributed by atoms with E-state index in [4.69, 9.17) is 0 Å². The maximum Gasteiger partial charge on any atom is 0.0538 e. The van der Waals surface area contributed by atoms with E-state index in [1.165, 1.54) is 50.4 Å². The van der Waals surface area contributed by atoms with Crippen molar-refractivity contribution < 1.29 is 0 Å². The molecule has 3 aliphatic rings. The predicted octanol–water partition coefficient (Wildman–Crippen LogP) is 5.60. The van der Waals surface area contributed by atoms with Crippen molar-refractivity contribution in [1.82, 2.24) is 0 Å². The van der Waals surface area contributed by atoms with Gasteiger partial charge in [-0.3, -0.25) is 0 Å². The molecule has 1 heteroatoms. The van der Waals surface area contributed by atoms with E-state index < -0.39 is 0 Å². The Morgan fingerprint density at radius 3 is 1.54 bits per heavy atom. The Bertz CT molecular complexity index is 964. The van der Waals surface area contributed by atoms with E-state index in [-0.39, 0.29) is 5.41 Å². The van der Waals surface area contributed by atoms with Crippen LogP contribution in [0.1, 0.15) is 47.2 Å². The molecule has 6 rings (SSSR count). The summed E-state index contributed by atoms with van der Waals surface area (Å²) in [6.07, 6.45) is 2.10. The predicted molar refractivity (Wildman–Crippen MR) is 98.9 cm³/mol. The van der Waals surface area contributed by atoms with Crippen LogP contribution in [0, 0.1) is 0 Å². The number of nitrogens with zero attached hydrogens (tertiary/aromatic N) is 1. The fourth-order valence-electron chi connectivity index (χ4n) is 5.11. The maximum atomic E-state index is 2.58. The standard InChI is InChI=1S/C23H19N/c1-23(2)18-10-4-8-16-12-14-6-3-7-15-13-17-9-5-11-19(23)22(17)24(20(14)15)21(16)18/h3-11H,12-13H2,1-2H3. The first-order valence-electron chi connectivity index (χ1n) is 8.82. The first kappa shape index (κ1) is 12.8. The molecule has 0 fully saturated rings. The molecule has 0 aromatic heterocycles. The third kappa shape index (κ3) is 1.30. The van der Waals surface area contributed by atoms with Crippen LogP contribution in [0.4, 0.5) is 17.1 Å². The van der Waals surface area contributed by atoms with Gasteiger partial charge in [0.2, 0.25) is 0 Å². The highest BCUT2D eigenvalue weighted by Crippen LogP contribution is 2.59. The summed E-state index contributed by atoms with van der Waals surface area (Å²) in [5, 5.41) is 0. The molecule has 0 bridgehead atoms. The number of rotatable bonds is 0. The first-order valence-corrected chi connectivity index (χ1v) is 8.82. The van der Waals surface area contributed by atoms with Crippen molar-refractivity contribution in [2.75, 3.05) is 4.90 Å². The molecule has 1 nitrogen and oxygen atoms in total. The van der Waals surface area contributed by atoms with Gasteiger partial charge in [-0.25, -0.2) is 0 Å². The summed E-state index contributed by atoms with van der Waals surface area (Å²) in [5.74, 6) is 0. The van der Waals surface area contributed by atoms with Crippen LogP contribution in [0.5, 0.6) is 0 Å². The Morgan fingerprint density at radius 1 is 0.625 bits per heavy atom. The minimum atomic E-state index is 0.0526. The van der Waals surface area contributed by atoms with Gasteiger partial charge < -0.3 is 4.90 Å².